The van der Waals surface area contributed by atoms with Crippen molar-refractivity contribution < 1.29 is 9.53 Å². The van der Waals surface area contributed by atoms with Gasteiger partial charge >= 0.3 is 0 Å². The second-order valence-corrected chi connectivity index (χ2v) is 6.48. The van der Waals surface area contributed by atoms with Crippen LogP contribution >= 0.6 is 0 Å². The van der Waals surface area contributed by atoms with Crippen molar-refractivity contribution in [2.24, 2.45) is 5.92 Å². The van der Waals surface area contributed by atoms with Crippen LogP contribution in [0.3, 0.4) is 0 Å². The molecule has 5 nitrogen and oxygen atoms in total. The van der Waals surface area contributed by atoms with Gasteiger partial charge < -0.3 is 19.5 Å². The molecule has 3 heterocycles. The molecule has 1 aromatic heterocycles. The summed E-state index contributed by atoms with van der Waals surface area (Å²) in [5, 5.41) is 1.08. The average Bonchev–Trinajstić information content (AvgIpc) is 2.82. The molecule has 1 N–H and O–H groups in total. The van der Waals surface area contributed by atoms with Crippen LogP contribution < -0.4 is 0 Å². The van der Waals surface area contributed by atoms with E-state index in [0.717, 1.165) is 42.7 Å². The molecular weight excluding hydrogens is 278 g/mol. The van der Waals surface area contributed by atoms with Crippen LogP contribution in [-0.4, -0.2) is 66.6 Å². The van der Waals surface area contributed by atoms with Crippen LogP contribution in [-0.2, 0) is 4.74 Å². The lowest BCUT2D eigenvalue weighted by atomic mass is 10.1. The smallest absolute Gasteiger partial charge is 0.256 e. The highest BCUT2D eigenvalue weighted by atomic mass is 16.5. The maximum Gasteiger partial charge on any atom is 0.256 e. The molecule has 5 heteroatoms. The number of aromatic amines is 1. The molecule has 2 aliphatic heterocycles. The fourth-order valence-corrected chi connectivity index (χ4v) is 3.74. The first-order chi connectivity index (χ1) is 10.7. The molecule has 2 fully saturated rings. The molecule has 0 saturated carbocycles. The van der Waals surface area contributed by atoms with Crippen LogP contribution in [0.4, 0.5) is 0 Å². The second kappa shape index (κ2) is 5.41. The number of para-hydroxylation sites is 1. The van der Waals surface area contributed by atoms with Gasteiger partial charge in [-0.3, -0.25) is 4.79 Å². The summed E-state index contributed by atoms with van der Waals surface area (Å²) in [5.74, 6) is 0.508. The van der Waals surface area contributed by atoms with E-state index in [1.807, 2.05) is 35.4 Å². The third-order valence-corrected chi connectivity index (χ3v) is 4.73. The minimum absolute atomic E-state index is 0.115. The molecule has 2 atom stereocenters. The Kier molecular flexibility index (Phi) is 3.39. The lowest BCUT2D eigenvalue weighted by Crippen LogP contribution is -2.46. The number of hydrogen-bond donors (Lipinski definition) is 1. The number of hydrogen-bond acceptors (Lipinski definition) is 3. The van der Waals surface area contributed by atoms with Gasteiger partial charge in [-0.1, -0.05) is 12.1 Å². The van der Waals surface area contributed by atoms with E-state index in [1.165, 1.54) is 0 Å². The number of amides is 1. The fourth-order valence-electron chi connectivity index (χ4n) is 3.74. The van der Waals surface area contributed by atoms with Crippen LogP contribution in [0, 0.1) is 5.92 Å². The molecule has 0 unspecified atom stereocenters. The van der Waals surface area contributed by atoms with Crippen molar-refractivity contribution in [2.75, 3.05) is 39.9 Å². The summed E-state index contributed by atoms with van der Waals surface area (Å²) in [5.41, 5.74) is 1.69. The number of nitrogens with one attached hydrogen (secondary N) is 1. The molecule has 116 valence electrons. The van der Waals surface area contributed by atoms with E-state index in [0.29, 0.717) is 12.5 Å². The van der Waals surface area contributed by atoms with Gasteiger partial charge in [0.2, 0.25) is 0 Å². The summed E-state index contributed by atoms with van der Waals surface area (Å²) >= 11 is 0. The highest BCUT2D eigenvalue weighted by molar-refractivity contribution is 6.05. The van der Waals surface area contributed by atoms with Crippen molar-refractivity contribution in [2.45, 2.75) is 6.04 Å². The maximum absolute atomic E-state index is 13.1. The Morgan fingerprint density at radius 1 is 1.23 bits per heavy atom. The molecular formula is C17H21N3O2. The minimum Gasteiger partial charge on any atom is -0.379 e. The maximum atomic E-state index is 13.1. The summed E-state index contributed by atoms with van der Waals surface area (Å²) in [7, 11) is 2.13. The summed E-state index contributed by atoms with van der Waals surface area (Å²) in [4.78, 5) is 20.7. The van der Waals surface area contributed by atoms with Crippen LogP contribution in [0.5, 0.6) is 0 Å². The Labute approximate surface area is 129 Å². The third kappa shape index (κ3) is 2.30. The molecule has 4 rings (SSSR count). The molecule has 2 aromatic rings. The Balaban J connectivity index is 1.71. The summed E-state index contributed by atoms with van der Waals surface area (Å²) in [6.07, 6.45) is 1.89. The predicted molar refractivity (Wildman–Crippen MR) is 84.9 cm³/mol. The quantitative estimate of drug-likeness (QED) is 0.869. The molecule has 0 radical (unpaired) electrons. The van der Waals surface area contributed by atoms with Crippen molar-refractivity contribution in [1.29, 1.82) is 0 Å². The van der Waals surface area contributed by atoms with Gasteiger partial charge in [0.25, 0.3) is 5.91 Å². The molecule has 1 amide bonds. The number of carbonyl (C=O) groups excluding carboxylic acids is 1. The molecule has 2 saturated heterocycles. The van der Waals surface area contributed by atoms with Gasteiger partial charge in [0.1, 0.15) is 0 Å². The number of rotatable bonds is 1. The van der Waals surface area contributed by atoms with Crippen LogP contribution in [0.15, 0.2) is 30.5 Å². The predicted octanol–water partition coefficient (Wildman–Crippen LogP) is 1.57. The van der Waals surface area contributed by atoms with Crippen molar-refractivity contribution in [3.05, 3.63) is 36.0 Å². The Bertz CT molecular complexity index is 696. The van der Waals surface area contributed by atoms with Crippen molar-refractivity contribution in [3.8, 4) is 0 Å². The van der Waals surface area contributed by atoms with Gasteiger partial charge in [0.05, 0.1) is 30.3 Å². The summed E-state index contributed by atoms with van der Waals surface area (Å²) < 4.78 is 5.77. The monoisotopic (exact) mass is 299 g/mol. The van der Waals surface area contributed by atoms with Crippen molar-refractivity contribution >= 4 is 16.8 Å². The zero-order valence-corrected chi connectivity index (χ0v) is 12.8. The van der Waals surface area contributed by atoms with Gasteiger partial charge in [0, 0.05) is 37.1 Å². The number of aromatic nitrogens is 1. The minimum atomic E-state index is 0.115. The first-order valence-corrected chi connectivity index (χ1v) is 7.86. The van der Waals surface area contributed by atoms with E-state index in [2.05, 4.69) is 16.9 Å². The number of likely N-dealkylation sites (N-methyl/N-ethyl adjacent to an activating group) is 1. The summed E-state index contributed by atoms with van der Waals surface area (Å²) in [6.45, 7) is 4.03. The van der Waals surface area contributed by atoms with E-state index in [9.17, 15) is 4.79 Å². The lowest BCUT2D eigenvalue weighted by Gasteiger charge is -2.30. The number of H-pyrrole nitrogens is 1. The van der Waals surface area contributed by atoms with Gasteiger partial charge in [-0.05, 0) is 19.2 Å². The van der Waals surface area contributed by atoms with E-state index in [1.54, 1.807) is 0 Å². The van der Waals surface area contributed by atoms with E-state index < -0.39 is 0 Å². The average molecular weight is 299 g/mol. The lowest BCUT2D eigenvalue weighted by molar-refractivity contribution is 0.0484. The SMILES string of the molecule is CN1C[C@@H]2COC[C@H](C1)N(C(=O)c1cccc3cc[nH]c13)C2. The van der Waals surface area contributed by atoms with E-state index in [4.69, 9.17) is 4.74 Å². The van der Waals surface area contributed by atoms with E-state index in [-0.39, 0.29) is 11.9 Å². The van der Waals surface area contributed by atoms with Gasteiger partial charge in [-0.25, -0.2) is 0 Å². The number of benzene rings is 1. The van der Waals surface area contributed by atoms with E-state index >= 15 is 0 Å². The molecule has 2 aliphatic rings. The van der Waals surface area contributed by atoms with Crippen molar-refractivity contribution in [3.63, 3.8) is 0 Å². The summed E-state index contributed by atoms with van der Waals surface area (Å²) in [6, 6.07) is 8.04. The standard InChI is InChI=1S/C17H21N3O2/c1-19-7-12-8-20(14(9-19)11-22-10-12)17(21)15-4-2-3-13-5-6-18-16(13)15/h2-6,12,14,18H,7-11H2,1H3/t12-,14-/m0/s1. The fraction of sp³-hybridized carbons (Fsp3) is 0.471. The second-order valence-electron chi connectivity index (χ2n) is 6.48. The molecule has 0 aliphatic carbocycles. The number of ether oxygens (including phenoxy) is 1. The molecule has 0 spiro atoms. The normalized spacial score (nSPS) is 26.1. The van der Waals surface area contributed by atoms with Crippen molar-refractivity contribution in [1.82, 2.24) is 14.8 Å². The molecule has 1 aromatic carbocycles. The third-order valence-electron chi connectivity index (χ3n) is 4.73. The van der Waals surface area contributed by atoms with Gasteiger partial charge in [-0.15, -0.1) is 0 Å². The van der Waals surface area contributed by atoms with Gasteiger partial charge in [-0.2, -0.15) is 0 Å². The Hall–Kier alpha value is -1.85. The molecule has 2 bridgehead atoms. The largest absolute Gasteiger partial charge is 0.379 e. The topological polar surface area (TPSA) is 48.6 Å². The molecule has 22 heavy (non-hydrogen) atoms. The first-order valence-electron chi connectivity index (χ1n) is 7.86. The first kappa shape index (κ1) is 13.8. The number of nitrogens with zero attached hydrogens (tertiary/aromatic N) is 2. The Morgan fingerprint density at radius 2 is 2.14 bits per heavy atom. The zero-order chi connectivity index (χ0) is 15.1. The number of fused-ring (bicyclic) bond motifs is 4. The highest BCUT2D eigenvalue weighted by Gasteiger charge is 2.35. The van der Waals surface area contributed by atoms with Crippen LogP contribution in [0.2, 0.25) is 0 Å². The number of carbonyl (C=O) groups is 1. The Morgan fingerprint density at radius 3 is 3.05 bits per heavy atom. The highest BCUT2D eigenvalue weighted by Crippen LogP contribution is 2.24. The zero-order valence-electron chi connectivity index (χ0n) is 12.8. The van der Waals surface area contributed by atoms with Gasteiger partial charge in [0.15, 0.2) is 0 Å². The van der Waals surface area contributed by atoms with Crippen LogP contribution in [0.25, 0.3) is 10.9 Å². The van der Waals surface area contributed by atoms with Crippen LogP contribution in [0.1, 0.15) is 10.4 Å².